The summed E-state index contributed by atoms with van der Waals surface area (Å²) < 4.78 is 47.7. The van der Waals surface area contributed by atoms with Gasteiger partial charge < -0.3 is 70.5 Å². The van der Waals surface area contributed by atoms with Gasteiger partial charge in [0.15, 0.2) is 6.10 Å². The summed E-state index contributed by atoms with van der Waals surface area (Å²) in [4.78, 5) is 170. The summed E-state index contributed by atoms with van der Waals surface area (Å²) >= 11 is 0. The summed E-state index contributed by atoms with van der Waals surface area (Å²) in [7, 11) is 7.85. The number of amides is 10. The summed E-state index contributed by atoms with van der Waals surface area (Å²) in [6.07, 6.45) is -8.89. The van der Waals surface area contributed by atoms with Crippen LogP contribution in [0.4, 0.5) is 13.2 Å². The Labute approximate surface area is 569 Å². The number of likely N-dealkylation sites (tertiary alicyclic amines) is 1. The molecule has 2 aliphatic rings. The third kappa shape index (κ3) is 25.0. The van der Waals surface area contributed by atoms with E-state index >= 15 is 14.4 Å². The van der Waals surface area contributed by atoms with Gasteiger partial charge in [0.25, 0.3) is 5.91 Å². The van der Waals surface area contributed by atoms with Gasteiger partial charge >= 0.3 is 12.1 Å². The first kappa shape index (κ1) is 85.9. The first-order chi connectivity index (χ1) is 44.2. The van der Waals surface area contributed by atoms with E-state index in [0.29, 0.717) is 6.54 Å². The van der Waals surface area contributed by atoms with Crippen LogP contribution in [0.15, 0.2) is 0 Å². The van der Waals surface area contributed by atoms with Crippen LogP contribution in [0, 0.1) is 53.3 Å². The van der Waals surface area contributed by atoms with E-state index in [2.05, 4.69) is 21.3 Å². The van der Waals surface area contributed by atoms with Crippen molar-refractivity contribution in [1.29, 1.82) is 0 Å². The van der Waals surface area contributed by atoms with Gasteiger partial charge in [0.1, 0.15) is 54.4 Å². The number of piperidine rings is 1. The number of rotatable bonds is 18. The topological polar surface area (TPSA) is 308 Å². The first-order valence-corrected chi connectivity index (χ1v) is 34.3. The van der Waals surface area contributed by atoms with Gasteiger partial charge in [-0.1, -0.05) is 104 Å². The molecule has 96 heavy (non-hydrogen) atoms. The number of aliphatic hydroxyl groups excluding tert-OH is 2. The summed E-state index contributed by atoms with van der Waals surface area (Å²) in [5.74, 6) is -14.4. The Morgan fingerprint density at radius 2 is 0.938 bits per heavy atom. The Balaban J connectivity index is 3.04. The molecule has 14 atom stereocenters. The van der Waals surface area contributed by atoms with Crippen LogP contribution >= 0.6 is 0 Å². The van der Waals surface area contributed by atoms with Gasteiger partial charge in [0, 0.05) is 48.8 Å². The fourth-order valence-electron chi connectivity index (χ4n) is 12.4. The Morgan fingerprint density at radius 3 is 1.36 bits per heavy atom. The molecule has 0 aliphatic carbocycles. The molecule has 2 aliphatic heterocycles. The minimum atomic E-state index is -4.44. The molecule has 0 bridgehead atoms. The average molecular weight is 1370 g/mol. The molecular formula is C68H120F3N11O14. The number of esters is 1. The molecule has 0 aromatic carbocycles. The molecule has 0 spiro atoms. The standard InChI is InChI=1S/C68H120F3N11O14/c1-36(2)29-47-62(90)78(20)50(32-39(7)8)58(86)72-44(16)67(95)96-57(42(13)14)66(94)79(21)51(33-40(9)10)60(88)74-48(30-37(3)4)63(91)80(22)54(41(11)12)65(93)81(23)55(56(85)43(15)26-28-82-27-24-25-46(34-82)68(69,70)71)61(89)75-53(45(17)83)64(92)76(18)35-52(84)77(19)49(31-38(5)6)59(87)73-47/h36-51,53-57,83,85H,24-35H2,1-23H3,(H,72,86)(H,73,87)(H,74,88)(H,75,89)/t43-,44+,45-,46?,47+,48+,49+,50+,51+,53+,54+,55+,56-,57-/m1/s1. The maximum absolute atomic E-state index is 15.3. The van der Waals surface area contributed by atoms with Crippen molar-refractivity contribution in [3.05, 3.63) is 0 Å². The lowest BCUT2D eigenvalue weighted by molar-refractivity contribution is -0.186. The molecule has 0 aromatic rings. The highest BCUT2D eigenvalue weighted by molar-refractivity contribution is 5.99. The molecule has 10 amide bonds. The Morgan fingerprint density at radius 1 is 0.510 bits per heavy atom. The molecule has 0 saturated carbocycles. The molecule has 2 fully saturated rings. The van der Waals surface area contributed by atoms with Gasteiger partial charge in [-0.05, 0) is 126 Å². The average Bonchev–Trinajstić information content (AvgIpc) is 0.842. The van der Waals surface area contributed by atoms with E-state index in [1.54, 1.807) is 53.4 Å². The number of likely N-dealkylation sites (N-methyl/N-ethyl adjacent to an activating group) is 6. The molecular weight excluding hydrogens is 1250 g/mol. The highest BCUT2D eigenvalue weighted by atomic mass is 19.4. The summed E-state index contributed by atoms with van der Waals surface area (Å²) in [6.45, 7) is 28.1. The number of cyclic esters (lactones) is 1. The maximum Gasteiger partial charge on any atom is 0.393 e. The number of alkyl halides is 3. The van der Waals surface area contributed by atoms with Crippen molar-refractivity contribution in [1.82, 2.24) is 55.6 Å². The van der Waals surface area contributed by atoms with Crippen LogP contribution < -0.4 is 21.3 Å². The second-order valence-electron chi connectivity index (χ2n) is 29.9. The highest BCUT2D eigenvalue weighted by Gasteiger charge is 2.47. The number of nitrogens with one attached hydrogen (secondary N) is 4. The zero-order valence-electron chi connectivity index (χ0n) is 61.7. The predicted molar refractivity (Wildman–Crippen MR) is 357 cm³/mol. The van der Waals surface area contributed by atoms with E-state index in [9.17, 15) is 61.7 Å². The number of halogens is 3. The molecule has 28 heteroatoms. The number of hydrogen-bond acceptors (Lipinski definition) is 15. The van der Waals surface area contributed by atoms with Crippen molar-refractivity contribution >= 4 is 65.0 Å². The molecule has 2 rings (SSSR count). The van der Waals surface area contributed by atoms with E-state index in [1.807, 2.05) is 55.4 Å². The maximum atomic E-state index is 15.3. The smallest absolute Gasteiger partial charge is 0.393 e. The van der Waals surface area contributed by atoms with Crippen LogP contribution in [0.3, 0.4) is 0 Å². The minimum absolute atomic E-state index is 0.0206. The van der Waals surface area contributed by atoms with Crippen LogP contribution in [-0.2, 0) is 57.5 Å². The first-order valence-electron chi connectivity index (χ1n) is 34.3. The number of aliphatic hydroxyl groups is 2. The largest absolute Gasteiger partial charge is 0.450 e. The SMILES string of the molecule is CC(C)C[C@@H]1NC(=O)[C@H](CC(C)C)N(C)C(=O)[C@@H](C(C)C)OC(=O)[C@H](C)NC(=O)[C@H](CC(C)C)N(C)C(=O)[C@H](CC(C)C)NC(=O)[C@H](CC(C)C)N(C)C(=O)CN(C)C(=O)[C@H]([C@@H](C)O)NC(=O)[C@H]([C@H](O)[C@H](C)CCN2CCCC(C(F)(F)F)C2)N(C)C(=O)[C@H](C(C)C)N(C)C1=O. The van der Waals surface area contributed by atoms with E-state index in [-0.39, 0.29) is 94.0 Å². The van der Waals surface area contributed by atoms with Crippen molar-refractivity contribution in [2.24, 2.45) is 53.3 Å². The van der Waals surface area contributed by atoms with Crippen molar-refractivity contribution < 1.29 is 80.9 Å². The zero-order chi connectivity index (χ0) is 74.0. The molecule has 552 valence electrons. The fourth-order valence-corrected chi connectivity index (χ4v) is 12.4. The zero-order valence-corrected chi connectivity index (χ0v) is 61.7. The Hall–Kier alpha value is -6.16. The number of nitrogens with zero attached hydrogens (tertiary/aromatic N) is 7. The second-order valence-corrected chi connectivity index (χ2v) is 29.9. The van der Waals surface area contributed by atoms with E-state index in [1.165, 1.54) is 61.0 Å². The number of ether oxygens (including phenoxy) is 1. The third-order valence-electron chi connectivity index (χ3n) is 18.2. The van der Waals surface area contributed by atoms with Crippen LogP contribution in [0.2, 0.25) is 0 Å². The summed E-state index contributed by atoms with van der Waals surface area (Å²) in [5.41, 5.74) is 0. The van der Waals surface area contributed by atoms with Gasteiger partial charge in [-0.15, -0.1) is 0 Å². The van der Waals surface area contributed by atoms with Crippen LogP contribution in [0.5, 0.6) is 0 Å². The normalized spacial score (nSPS) is 27.5. The lowest BCUT2D eigenvalue weighted by atomic mass is 9.90. The number of carbonyl (C=O) groups is 11. The van der Waals surface area contributed by atoms with Crippen molar-refractivity contribution in [2.75, 3.05) is 68.5 Å². The minimum Gasteiger partial charge on any atom is -0.450 e. The van der Waals surface area contributed by atoms with Gasteiger partial charge in [-0.3, -0.25) is 47.9 Å². The van der Waals surface area contributed by atoms with Crippen LogP contribution in [0.1, 0.15) is 169 Å². The van der Waals surface area contributed by atoms with Crippen molar-refractivity contribution in [3.63, 3.8) is 0 Å². The van der Waals surface area contributed by atoms with E-state index in [0.717, 1.165) is 24.5 Å². The van der Waals surface area contributed by atoms with E-state index in [4.69, 9.17) is 4.74 Å². The van der Waals surface area contributed by atoms with Gasteiger partial charge in [0.2, 0.25) is 53.2 Å². The van der Waals surface area contributed by atoms with Gasteiger partial charge in [-0.25, -0.2) is 4.79 Å². The Bertz CT molecular complexity index is 2620. The molecule has 6 N–H and O–H groups in total. The van der Waals surface area contributed by atoms with Gasteiger partial charge in [0.05, 0.1) is 24.7 Å². The molecule has 2 saturated heterocycles. The van der Waals surface area contributed by atoms with Crippen LogP contribution in [-0.4, -0.2) is 257 Å². The lowest BCUT2D eigenvalue weighted by Gasteiger charge is -2.41. The molecule has 1 unspecified atom stereocenters. The predicted octanol–water partition coefficient (Wildman–Crippen LogP) is 4.05. The quantitative estimate of drug-likeness (QED) is 0.106. The van der Waals surface area contributed by atoms with E-state index < -0.39 is 174 Å². The second kappa shape index (κ2) is 38.3. The summed E-state index contributed by atoms with van der Waals surface area (Å²) in [5, 5.41) is 34.6. The van der Waals surface area contributed by atoms with Crippen molar-refractivity contribution in [2.45, 2.75) is 248 Å². The highest BCUT2D eigenvalue weighted by Crippen LogP contribution is 2.34. The number of hydrogen-bond donors (Lipinski definition) is 6. The molecule has 2 heterocycles. The number of carbonyl (C=O) groups excluding carboxylic acids is 11. The van der Waals surface area contributed by atoms with Crippen LogP contribution in [0.25, 0.3) is 0 Å². The molecule has 0 radical (unpaired) electrons. The molecule has 25 nitrogen and oxygen atoms in total. The fraction of sp³-hybridized carbons (Fsp3) is 0.838. The lowest BCUT2D eigenvalue weighted by Crippen LogP contribution is -2.64. The van der Waals surface area contributed by atoms with Crippen molar-refractivity contribution in [3.8, 4) is 0 Å². The third-order valence-corrected chi connectivity index (χ3v) is 18.2. The monoisotopic (exact) mass is 1370 g/mol. The Kier molecular flexibility index (Phi) is 34.3. The summed E-state index contributed by atoms with van der Waals surface area (Å²) in [6, 6.07) is -12.9. The molecule has 0 aromatic heterocycles. The van der Waals surface area contributed by atoms with Gasteiger partial charge in [-0.2, -0.15) is 13.2 Å².